The van der Waals surface area contributed by atoms with Gasteiger partial charge in [-0.3, -0.25) is 4.79 Å². The van der Waals surface area contributed by atoms with Crippen molar-refractivity contribution in [1.82, 2.24) is 0 Å². The Bertz CT molecular complexity index is 652. The zero-order chi connectivity index (χ0) is 21.2. The zero-order valence-electron chi connectivity index (χ0n) is 18.1. The van der Waals surface area contributed by atoms with Crippen LogP contribution in [-0.4, -0.2) is 23.2 Å². The lowest BCUT2D eigenvalue weighted by Crippen LogP contribution is -2.58. The maximum absolute atomic E-state index is 15.6. The predicted molar refractivity (Wildman–Crippen MR) is 106 cm³/mol. The summed E-state index contributed by atoms with van der Waals surface area (Å²) in [4.78, 5) is 11.0. The molecule has 4 aliphatic rings. The van der Waals surface area contributed by atoms with Gasteiger partial charge in [-0.15, -0.1) is 0 Å². The summed E-state index contributed by atoms with van der Waals surface area (Å²) < 4.78 is 43.7. The monoisotopic (exact) mass is 414 g/mol. The maximum atomic E-state index is 15.6. The molecule has 0 aromatic carbocycles. The fraction of sp³-hybridized carbons (Fsp3) is 0.958. The molecule has 4 saturated carbocycles. The number of carboxylic acids is 1. The number of rotatable bonds is 4. The minimum Gasteiger partial charge on any atom is -0.481 e. The van der Waals surface area contributed by atoms with Crippen molar-refractivity contribution in [3.63, 3.8) is 0 Å². The Balaban J connectivity index is 1.56. The highest BCUT2D eigenvalue weighted by Crippen LogP contribution is 2.69. The Kier molecular flexibility index (Phi) is 5.30. The van der Waals surface area contributed by atoms with Crippen molar-refractivity contribution >= 4 is 5.97 Å². The number of carboxylic acid groups (broad SMARTS) is 1. The van der Waals surface area contributed by atoms with Crippen LogP contribution in [0.4, 0.5) is 13.2 Å². The van der Waals surface area contributed by atoms with Crippen LogP contribution in [0.3, 0.4) is 0 Å². The Hall–Kier alpha value is -0.740. The van der Waals surface area contributed by atoms with E-state index in [1.807, 2.05) is 0 Å². The third-order valence-electron chi connectivity index (χ3n) is 10.2. The lowest BCUT2D eigenvalue weighted by Gasteiger charge is -2.62. The van der Waals surface area contributed by atoms with Gasteiger partial charge in [-0.05, 0) is 91.3 Å². The van der Waals surface area contributed by atoms with E-state index in [0.29, 0.717) is 37.0 Å². The van der Waals surface area contributed by atoms with E-state index in [-0.39, 0.29) is 47.8 Å². The minimum atomic E-state index is -2.63. The average molecular weight is 415 g/mol. The first-order chi connectivity index (χ1) is 13.5. The number of hydrogen-bond acceptors (Lipinski definition) is 1. The lowest BCUT2D eigenvalue weighted by atomic mass is 9.44. The fourth-order valence-corrected chi connectivity index (χ4v) is 8.62. The second-order valence-electron chi connectivity index (χ2n) is 11.4. The SMILES string of the molecule is CC(CCC(=O)O)C1CCC2C3C(F)CC4CC(F)(F)CCC4(C)C3CCC12C. The number of hydrogen-bond donors (Lipinski definition) is 1. The Labute approximate surface area is 173 Å². The van der Waals surface area contributed by atoms with Gasteiger partial charge in [-0.25, -0.2) is 13.2 Å². The molecule has 29 heavy (non-hydrogen) atoms. The zero-order valence-corrected chi connectivity index (χ0v) is 18.1. The molecule has 0 saturated heterocycles. The first-order valence-electron chi connectivity index (χ1n) is 11.7. The molecular formula is C24H37F3O2. The van der Waals surface area contributed by atoms with Crippen LogP contribution >= 0.6 is 0 Å². The molecule has 4 rings (SSSR count). The van der Waals surface area contributed by atoms with Crippen molar-refractivity contribution in [2.75, 3.05) is 0 Å². The van der Waals surface area contributed by atoms with Crippen molar-refractivity contribution in [3.05, 3.63) is 0 Å². The molecule has 0 bridgehead atoms. The summed E-state index contributed by atoms with van der Waals surface area (Å²) in [7, 11) is 0. The lowest BCUT2D eigenvalue weighted by molar-refractivity contribution is -0.184. The van der Waals surface area contributed by atoms with Gasteiger partial charge in [-0.1, -0.05) is 20.8 Å². The van der Waals surface area contributed by atoms with Gasteiger partial charge in [0, 0.05) is 19.3 Å². The molecule has 2 nitrogen and oxygen atoms in total. The molecule has 0 radical (unpaired) electrons. The summed E-state index contributed by atoms with van der Waals surface area (Å²) in [5.41, 5.74) is -0.0888. The van der Waals surface area contributed by atoms with Crippen LogP contribution < -0.4 is 0 Å². The van der Waals surface area contributed by atoms with Crippen LogP contribution in [0.1, 0.15) is 85.0 Å². The molecule has 0 aromatic rings. The summed E-state index contributed by atoms with van der Waals surface area (Å²) in [5, 5.41) is 9.06. The van der Waals surface area contributed by atoms with E-state index >= 15 is 4.39 Å². The summed E-state index contributed by atoms with van der Waals surface area (Å²) in [5.74, 6) is -2.26. The van der Waals surface area contributed by atoms with E-state index in [4.69, 9.17) is 5.11 Å². The van der Waals surface area contributed by atoms with Crippen LogP contribution in [-0.2, 0) is 4.79 Å². The molecule has 0 aromatic heterocycles. The topological polar surface area (TPSA) is 37.3 Å². The standard InChI is InChI=1S/C24H37F3O2/c1-14(4-7-20(28)29)16-5-6-17-21-18(8-9-23(16,17)3)22(2)10-11-24(26,27)13-15(22)12-19(21)25/h14-19,21H,4-13H2,1-3H3,(H,28,29). The van der Waals surface area contributed by atoms with Crippen molar-refractivity contribution in [1.29, 1.82) is 0 Å². The highest BCUT2D eigenvalue weighted by atomic mass is 19.3. The molecule has 4 aliphatic carbocycles. The van der Waals surface area contributed by atoms with Crippen molar-refractivity contribution < 1.29 is 23.1 Å². The highest BCUT2D eigenvalue weighted by Gasteiger charge is 2.64. The number of alkyl halides is 3. The largest absolute Gasteiger partial charge is 0.481 e. The molecule has 5 heteroatoms. The van der Waals surface area contributed by atoms with Crippen LogP contribution in [0.5, 0.6) is 0 Å². The highest BCUT2D eigenvalue weighted by molar-refractivity contribution is 5.66. The second kappa shape index (κ2) is 7.15. The summed E-state index contributed by atoms with van der Waals surface area (Å²) in [6.45, 7) is 6.67. The van der Waals surface area contributed by atoms with Gasteiger partial charge in [-0.2, -0.15) is 0 Å². The van der Waals surface area contributed by atoms with Gasteiger partial charge in [0.15, 0.2) is 0 Å². The molecule has 1 N–H and O–H groups in total. The van der Waals surface area contributed by atoms with Crippen molar-refractivity contribution in [2.24, 2.45) is 46.3 Å². The van der Waals surface area contributed by atoms with E-state index in [1.165, 1.54) is 0 Å². The third kappa shape index (κ3) is 3.43. The van der Waals surface area contributed by atoms with Crippen LogP contribution in [0.15, 0.2) is 0 Å². The molecule has 4 fully saturated rings. The molecule has 9 atom stereocenters. The molecule has 0 spiro atoms. The normalized spacial score (nSPS) is 49.6. The van der Waals surface area contributed by atoms with Gasteiger partial charge in [0.2, 0.25) is 5.92 Å². The summed E-state index contributed by atoms with van der Waals surface area (Å²) in [6.07, 6.45) is 4.61. The fourth-order valence-electron chi connectivity index (χ4n) is 8.62. The van der Waals surface area contributed by atoms with Crippen LogP contribution in [0, 0.1) is 46.3 Å². The van der Waals surface area contributed by atoms with Gasteiger partial charge in [0.1, 0.15) is 6.17 Å². The molecule has 0 heterocycles. The molecule has 166 valence electrons. The Morgan fingerprint density at radius 3 is 2.45 bits per heavy atom. The van der Waals surface area contributed by atoms with E-state index in [9.17, 15) is 13.6 Å². The van der Waals surface area contributed by atoms with E-state index < -0.39 is 18.1 Å². The third-order valence-corrected chi connectivity index (χ3v) is 10.2. The number of aliphatic carboxylic acids is 1. The van der Waals surface area contributed by atoms with Gasteiger partial charge < -0.3 is 5.11 Å². The molecule has 0 amide bonds. The molecule has 0 aliphatic heterocycles. The summed E-state index contributed by atoms with van der Waals surface area (Å²) in [6, 6.07) is 0. The van der Waals surface area contributed by atoms with E-state index in [2.05, 4.69) is 20.8 Å². The van der Waals surface area contributed by atoms with Gasteiger partial charge in [0.05, 0.1) is 0 Å². The van der Waals surface area contributed by atoms with Crippen LogP contribution in [0.25, 0.3) is 0 Å². The first-order valence-corrected chi connectivity index (χ1v) is 11.7. The maximum Gasteiger partial charge on any atom is 0.303 e. The minimum absolute atomic E-state index is 0.00148. The number of halogens is 3. The summed E-state index contributed by atoms with van der Waals surface area (Å²) >= 11 is 0. The Morgan fingerprint density at radius 1 is 1.07 bits per heavy atom. The van der Waals surface area contributed by atoms with E-state index in [1.54, 1.807) is 0 Å². The second-order valence-corrected chi connectivity index (χ2v) is 11.4. The van der Waals surface area contributed by atoms with Crippen LogP contribution in [0.2, 0.25) is 0 Å². The van der Waals surface area contributed by atoms with Crippen molar-refractivity contribution in [3.8, 4) is 0 Å². The first kappa shape index (κ1) is 21.5. The van der Waals surface area contributed by atoms with Gasteiger partial charge >= 0.3 is 5.97 Å². The predicted octanol–water partition coefficient (Wildman–Crippen LogP) is 6.73. The van der Waals surface area contributed by atoms with Crippen molar-refractivity contribution in [2.45, 2.75) is 97.1 Å². The number of fused-ring (bicyclic) bond motifs is 5. The van der Waals surface area contributed by atoms with E-state index in [0.717, 1.165) is 25.7 Å². The molecular weight excluding hydrogens is 377 g/mol. The van der Waals surface area contributed by atoms with Gasteiger partial charge in [0.25, 0.3) is 0 Å². The number of carbonyl (C=O) groups is 1. The smallest absolute Gasteiger partial charge is 0.303 e. The quantitative estimate of drug-likeness (QED) is 0.554. The molecule has 9 unspecified atom stereocenters. The average Bonchev–Trinajstić information content (AvgIpc) is 2.98. The Morgan fingerprint density at radius 2 is 1.76 bits per heavy atom.